The molecule has 22 heavy (non-hydrogen) atoms. The summed E-state index contributed by atoms with van der Waals surface area (Å²) in [5.74, 6) is 0.266. The minimum absolute atomic E-state index is 0.113. The first kappa shape index (κ1) is 15.1. The maximum atomic E-state index is 10.3. The number of nitrogens with two attached hydrogens (primary N) is 1. The van der Waals surface area contributed by atoms with Gasteiger partial charge in [-0.2, -0.15) is 0 Å². The smallest absolute Gasteiger partial charge is 0.167 e. The first-order valence-electron chi connectivity index (χ1n) is 7.05. The van der Waals surface area contributed by atoms with Gasteiger partial charge in [-0.3, -0.25) is 4.57 Å². The van der Waals surface area contributed by atoms with E-state index in [-0.39, 0.29) is 18.5 Å². The van der Waals surface area contributed by atoms with E-state index in [0.717, 1.165) is 0 Å². The number of rotatable bonds is 4. The molecule has 1 aliphatic rings. The largest absolute Gasteiger partial charge is 0.394 e. The van der Waals surface area contributed by atoms with Crippen LogP contribution in [-0.2, 0) is 9.47 Å². The molecular formula is C13H19N5O4. The summed E-state index contributed by atoms with van der Waals surface area (Å²) in [6.07, 6.45) is -0.247. The van der Waals surface area contributed by atoms with Gasteiger partial charge in [0.15, 0.2) is 17.7 Å². The van der Waals surface area contributed by atoms with Crippen molar-refractivity contribution in [3.05, 3.63) is 12.7 Å². The van der Waals surface area contributed by atoms with Crippen LogP contribution in [0.25, 0.3) is 11.2 Å². The summed E-state index contributed by atoms with van der Waals surface area (Å²) < 4.78 is 13.1. The molecule has 9 nitrogen and oxygen atoms in total. The first-order valence-corrected chi connectivity index (χ1v) is 7.05. The Morgan fingerprint density at radius 2 is 2.18 bits per heavy atom. The number of hydrogen-bond donors (Lipinski definition) is 3. The number of ether oxygens (including phenoxy) is 2. The van der Waals surface area contributed by atoms with E-state index in [1.807, 2.05) is 13.8 Å². The molecule has 0 spiro atoms. The molecule has 0 radical (unpaired) electrons. The molecule has 4 N–H and O–H groups in total. The molecule has 0 amide bonds. The van der Waals surface area contributed by atoms with E-state index in [9.17, 15) is 10.2 Å². The maximum absolute atomic E-state index is 10.3. The minimum atomic E-state index is -0.950. The predicted octanol–water partition coefficient (Wildman–Crippen LogP) is -0.547. The van der Waals surface area contributed by atoms with Crippen LogP contribution in [0.5, 0.6) is 0 Å². The van der Waals surface area contributed by atoms with Crippen LogP contribution in [0.2, 0.25) is 0 Å². The lowest BCUT2D eigenvalue weighted by Crippen LogP contribution is -2.37. The molecular weight excluding hydrogens is 290 g/mol. The van der Waals surface area contributed by atoms with E-state index in [0.29, 0.717) is 11.2 Å². The number of aliphatic hydroxyl groups excluding tert-OH is 2. The van der Waals surface area contributed by atoms with Crippen LogP contribution < -0.4 is 5.73 Å². The third-order valence-electron chi connectivity index (χ3n) is 3.58. The summed E-state index contributed by atoms with van der Waals surface area (Å²) in [5, 5.41) is 19.6. The summed E-state index contributed by atoms with van der Waals surface area (Å²) in [6.45, 7) is 3.42. The van der Waals surface area contributed by atoms with Crippen molar-refractivity contribution in [2.75, 3.05) is 12.3 Å². The zero-order valence-electron chi connectivity index (χ0n) is 12.3. The molecule has 2 aromatic heterocycles. The third-order valence-corrected chi connectivity index (χ3v) is 3.58. The van der Waals surface area contributed by atoms with Gasteiger partial charge in [0.25, 0.3) is 0 Å². The van der Waals surface area contributed by atoms with Crippen LogP contribution in [0.3, 0.4) is 0 Å². The lowest BCUT2D eigenvalue weighted by atomic mass is 10.1. The van der Waals surface area contributed by atoms with Gasteiger partial charge < -0.3 is 25.4 Å². The second kappa shape index (κ2) is 5.76. The fraction of sp³-hybridized carbons (Fsp3) is 0.615. The normalized spacial score (nSPS) is 28.8. The molecule has 3 unspecified atom stereocenters. The Kier molecular flexibility index (Phi) is 3.96. The predicted molar refractivity (Wildman–Crippen MR) is 76.7 cm³/mol. The minimum Gasteiger partial charge on any atom is -0.394 e. The summed E-state index contributed by atoms with van der Waals surface area (Å²) in [7, 11) is 0. The van der Waals surface area contributed by atoms with Crippen molar-refractivity contribution in [1.82, 2.24) is 19.5 Å². The van der Waals surface area contributed by atoms with Gasteiger partial charge in [-0.25, -0.2) is 15.0 Å². The second-order valence-electron chi connectivity index (χ2n) is 5.47. The van der Waals surface area contributed by atoms with Crippen LogP contribution in [0.15, 0.2) is 12.7 Å². The highest BCUT2D eigenvalue weighted by Gasteiger charge is 2.46. The zero-order chi connectivity index (χ0) is 15.9. The van der Waals surface area contributed by atoms with Crippen molar-refractivity contribution in [3.63, 3.8) is 0 Å². The molecule has 1 fully saturated rings. The van der Waals surface area contributed by atoms with Gasteiger partial charge in [-0.15, -0.1) is 0 Å². The number of nitrogens with zero attached hydrogens (tertiary/aromatic N) is 4. The molecule has 0 aromatic carbocycles. The summed E-state index contributed by atoms with van der Waals surface area (Å²) in [6, 6.07) is 0. The van der Waals surface area contributed by atoms with Crippen molar-refractivity contribution < 1.29 is 19.7 Å². The average molecular weight is 309 g/mol. The van der Waals surface area contributed by atoms with Gasteiger partial charge in [-0.1, -0.05) is 0 Å². The second-order valence-corrected chi connectivity index (χ2v) is 5.47. The van der Waals surface area contributed by atoms with E-state index >= 15 is 0 Å². The monoisotopic (exact) mass is 309 g/mol. The third kappa shape index (κ3) is 2.41. The van der Waals surface area contributed by atoms with E-state index in [1.54, 1.807) is 4.57 Å². The molecule has 1 saturated heterocycles. The number of anilines is 1. The highest BCUT2D eigenvalue weighted by Crippen LogP contribution is 2.34. The van der Waals surface area contributed by atoms with Crippen LogP contribution in [-0.4, -0.2) is 60.8 Å². The maximum Gasteiger partial charge on any atom is 0.167 e. The lowest BCUT2D eigenvalue weighted by Gasteiger charge is -2.24. The number of fused-ring (bicyclic) bond motifs is 1. The van der Waals surface area contributed by atoms with Crippen molar-refractivity contribution >= 4 is 17.0 Å². The van der Waals surface area contributed by atoms with Gasteiger partial charge in [0.1, 0.15) is 30.2 Å². The lowest BCUT2D eigenvalue weighted by molar-refractivity contribution is -0.0899. The molecule has 0 bridgehead atoms. The number of nitrogen functional groups attached to an aromatic ring is 1. The quantitative estimate of drug-likeness (QED) is 0.686. The van der Waals surface area contributed by atoms with Crippen LogP contribution in [0.4, 0.5) is 5.82 Å². The number of aliphatic hydroxyl groups is 2. The zero-order valence-corrected chi connectivity index (χ0v) is 12.3. The van der Waals surface area contributed by atoms with Crippen molar-refractivity contribution in [2.45, 2.75) is 44.5 Å². The van der Waals surface area contributed by atoms with Crippen LogP contribution in [0, 0.1) is 0 Å². The van der Waals surface area contributed by atoms with Gasteiger partial charge in [-0.05, 0) is 13.8 Å². The van der Waals surface area contributed by atoms with E-state index < -0.39 is 24.5 Å². The number of imidazole rings is 1. The van der Waals surface area contributed by atoms with E-state index in [2.05, 4.69) is 15.0 Å². The van der Waals surface area contributed by atoms with Gasteiger partial charge in [0, 0.05) is 0 Å². The Bertz CT molecular complexity index is 661. The summed E-state index contributed by atoms with van der Waals surface area (Å²) in [5.41, 5.74) is 6.72. The molecule has 0 aliphatic carbocycles. The average Bonchev–Trinajstić information content (AvgIpc) is 3.02. The SMILES string of the molecule is CC(C)OC1C(O)C(CO)O[C@H]1n1cnc2c(N)ncnc21. The Morgan fingerprint density at radius 1 is 1.41 bits per heavy atom. The van der Waals surface area contributed by atoms with Gasteiger partial charge in [0.2, 0.25) is 0 Å². The molecule has 2 aromatic rings. The van der Waals surface area contributed by atoms with Crippen molar-refractivity contribution in [2.24, 2.45) is 0 Å². The highest BCUT2D eigenvalue weighted by atomic mass is 16.6. The van der Waals surface area contributed by atoms with Crippen LogP contribution >= 0.6 is 0 Å². The Balaban J connectivity index is 2.01. The molecule has 0 saturated carbocycles. The fourth-order valence-corrected chi connectivity index (χ4v) is 2.61. The Morgan fingerprint density at radius 3 is 2.86 bits per heavy atom. The topological polar surface area (TPSA) is 129 Å². The molecule has 9 heteroatoms. The molecule has 3 rings (SSSR count). The van der Waals surface area contributed by atoms with Gasteiger partial charge >= 0.3 is 0 Å². The fourth-order valence-electron chi connectivity index (χ4n) is 2.61. The summed E-state index contributed by atoms with van der Waals surface area (Å²) in [4.78, 5) is 12.2. The van der Waals surface area contributed by atoms with Gasteiger partial charge in [0.05, 0.1) is 19.0 Å². The van der Waals surface area contributed by atoms with Crippen molar-refractivity contribution in [1.29, 1.82) is 0 Å². The highest BCUT2D eigenvalue weighted by molar-refractivity contribution is 5.81. The molecule has 3 heterocycles. The van der Waals surface area contributed by atoms with Crippen molar-refractivity contribution in [3.8, 4) is 0 Å². The molecule has 120 valence electrons. The van der Waals surface area contributed by atoms with E-state index in [1.165, 1.54) is 12.7 Å². The molecule has 1 aliphatic heterocycles. The molecule has 4 atom stereocenters. The van der Waals surface area contributed by atoms with E-state index in [4.69, 9.17) is 15.2 Å². The summed E-state index contributed by atoms with van der Waals surface area (Å²) >= 11 is 0. The van der Waals surface area contributed by atoms with Crippen LogP contribution in [0.1, 0.15) is 20.1 Å². The number of hydrogen-bond acceptors (Lipinski definition) is 8. The Hall–Kier alpha value is -1.81. The first-order chi connectivity index (χ1) is 10.5. The Labute approximate surface area is 126 Å². The standard InChI is InChI=1S/C13H19N5O4/c1-6(2)21-10-9(20)7(3-19)22-13(10)18-5-17-8-11(14)15-4-16-12(8)18/h4-7,9-10,13,19-20H,3H2,1-2H3,(H2,14,15,16)/t7?,9?,10?,13-/m1/s1. The number of aromatic nitrogens is 4.